The van der Waals surface area contributed by atoms with Crippen LogP contribution in [-0.4, -0.2) is 26.2 Å². The van der Waals surface area contributed by atoms with E-state index in [2.05, 4.69) is 5.48 Å². The van der Waals surface area contributed by atoms with Gasteiger partial charge in [-0.2, -0.15) is 5.48 Å². The maximum atomic E-state index is 11.5. The Morgan fingerprint density at radius 3 is 2.50 bits per heavy atom. The highest BCUT2D eigenvalue weighted by Gasteiger charge is 2.40. The molecule has 1 aromatic rings. The minimum atomic E-state index is -0.429. The number of benzene rings is 1. The second-order valence-electron chi connectivity index (χ2n) is 4.29. The lowest BCUT2D eigenvalue weighted by molar-refractivity contribution is -0.144. The van der Waals surface area contributed by atoms with Gasteiger partial charge in [0, 0.05) is 5.92 Å². The highest BCUT2D eigenvalue weighted by Crippen LogP contribution is 2.33. The first-order valence-electron chi connectivity index (χ1n) is 5.80. The SMILES string of the molecule is COC(=O)[C@@H]1NO[C@@H](c2ccc(OC)cc2)[C@@H]1C. The summed E-state index contributed by atoms with van der Waals surface area (Å²) >= 11 is 0. The van der Waals surface area contributed by atoms with Gasteiger partial charge in [-0.25, -0.2) is 0 Å². The average molecular weight is 251 g/mol. The molecule has 5 nitrogen and oxygen atoms in total. The number of nitrogens with one attached hydrogen (secondary N) is 1. The Morgan fingerprint density at radius 2 is 1.94 bits per heavy atom. The second kappa shape index (κ2) is 5.37. The van der Waals surface area contributed by atoms with Crippen molar-refractivity contribution in [3.63, 3.8) is 0 Å². The van der Waals surface area contributed by atoms with Crippen LogP contribution in [0.2, 0.25) is 0 Å². The Morgan fingerprint density at radius 1 is 1.28 bits per heavy atom. The van der Waals surface area contributed by atoms with Gasteiger partial charge in [0.25, 0.3) is 0 Å². The molecule has 1 aromatic carbocycles. The van der Waals surface area contributed by atoms with Crippen LogP contribution in [0.4, 0.5) is 0 Å². The van der Waals surface area contributed by atoms with Crippen LogP contribution >= 0.6 is 0 Å². The minimum Gasteiger partial charge on any atom is -0.497 e. The number of hydroxylamine groups is 1. The first-order valence-corrected chi connectivity index (χ1v) is 5.80. The number of rotatable bonds is 3. The van der Waals surface area contributed by atoms with Gasteiger partial charge in [-0.3, -0.25) is 9.63 Å². The van der Waals surface area contributed by atoms with Gasteiger partial charge in [-0.15, -0.1) is 0 Å². The zero-order chi connectivity index (χ0) is 13.1. The van der Waals surface area contributed by atoms with Crippen molar-refractivity contribution < 1.29 is 19.1 Å². The molecule has 0 aliphatic carbocycles. The molecular weight excluding hydrogens is 234 g/mol. The molecule has 0 spiro atoms. The molecule has 3 atom stereocenters. The topological polar surface area (TPSA) is 56.8 Å². The number of carbonyl (C=O) groups is 1. The standard InChI is InChI=1S/C13H17NO4/c1-8-11(13(15)17-3)14-18-12(8)9-4-6-10(16-2)7-5-9/h4-8,11-12,14H,1-3H3/t8-,11-,12-/m1/s1. The quantitative estimate of drug-likeness (QED) is 0.824. The Kier molecular flexibility index (Phi) is 3.84. The molecule has 2 rings (SSSR count). The molecule has 0 unspecified atom stereocenters. The van der Waals surface area contributed by atoms with Gasteiger partial charge in [0.15, 0.2) is 0 Å². The molecule has 0 saturated carbocycles. The molecule has 1 N–H and O–H groups in total. The van der Waals surface area contributed by atoms with Crippen molar-refractivity contribution >= 4 is 5.97 Å². The molecule has 1 saturated heterocycles. The van der Waals surface area contributed by atoms with E-state index in [0.717, 1.165) is 11.3 Å². The minimum absolute atomic E-state index is 0.00541. The van der Waals surface area contributed by atoms with E-state index in [-0.39, 0.29) is 18.0 Å². The predicted molar refractivity (Wildman–Crippen MR) is 64.9 cm³/mol. The molecule has 1 aliphatic heterocycles. The highest BCUT2D eigenvalue weighted by atomic mass is 16.7. The number of esters is 1. The predicted octanol–water partition coefficient (Wildman–Crippen LogP) is 1.45. The van der Waals surface area contributed by atoms with E-state index in [1.54, 1.807) is 7.11 Å². The average Bonchev–Trinajstić information content (AvgIpc) is 2.80. The maximum absolute atomic E-state index is 11.5. The van der Waals surface area contributed by atoms with Gasteiger partial charge in [-0.1, -0.05) is 19.1 Å². The Balaban J connectivity index is 2.12. The van der Waals surface area contributed by atoms with Gasteiger partial charge in [0.2, 0.25) is 0 Å². The zero-order valence-electron chi connectivity index (χ0n) is 10.7. The summed E-state index contributed by atoms with van der Waals surface area (Å²) in [5.41, 5.74) is 3.73. The van der Waals surface area contributed by atoms with Crippen LogP contribution in [-0.2, 0) is 14.4 Å². The maximum Gasteiger partial charge on any atom is 0.325 e. The first kappa shape index (κ1) is 12.9. The third-order valence-corrected chi connectivity index (χ3v) is 3.22. The molecule has 0 aromatic heterocycles. The van der Waals surface area contributed by atoms with Crippen molar-refractivity contribution in [1.29, 1.82) is 0 Å². The van der Waals surface area contributed by atoms with Crippen LogP contribution in [0.1, 0.15) is 18.6 Å². The lowest BCUT2D eigenvalue weighted by Crippen LogP contribution is -2.35. The number of hydrogen-bond acceptors (Lipinski definition) is 5. The molecule has 0 bridgehead atoms. The lowest BCUT2D eigenvalue weighted by atomic mass is 9.92. The fourth-order valence-electron chi connectivity index (χ4n) is 2.09. The molecule has 1 fully saturated rings. The Hall–Kier alpha value is -1.59. The third kappa shape index (κ3) is 2.32. The van der Waals surface area contributed by atoms with E-state index < -0.39 is 6.04 Å². The number of hydrogen-bond donors (Lipinski definition) is 1. The summed E-state index contributed by atoms with van der Waals surface area (Å²) in [4.78, 5) is 17.0. The monoisotopic (exact) mass is 251 g/mol. The fraction of sp³-hybridized carbons (Fsp3) is 0.462. The van der Waals surface area contributed by atoms with E-state index in [9.17, 15) is 4.79 Å². The van der Waals surface area contributed by atoms with Crippen LogP contribution < -0.4 is 10.2 Å². The summed E-state index contributed by atoms with van der Waals surface area (Å²) in [6, 6.07) is 7.18. The second-order valence-corrected chi connectivity index (χ2v) is 4.29. The van der Waals surface area contributed by atoms with Crippen molar-refractivity contribution in [1.82, 2.24) is 5.48 Å². The van der Waals surface area contributed by atoms with Gasteiger partial charge in [0.05, 0.1) is 14.2 Å². The molecule has 98 valence electrons. The molecule has 5 heteroatoms. The van der Waals surface area contributed by atoms with Crippen molar-refractivity contribution in [2.45, 2.75) is 19.1 Å². The lowest BCUT2D eigenvalue weighted by Gasteiger charge is -2.15. The summed E-state index contributed by atoms with van der Waals surface area (Å²) in [6.45, 7) is 1.95. The molecule has 1 heterocycles. The van der Waals surface area contributed by atoms with Crippen LogP contribution in [0.15, 0.2) is 24.3 Å². The summed E-state index contributed by atoms with van der Waals surface area (Å²) in [5.74, 6) is 0.492. The highest BCUT2D eigenvalue weighted by molar-refractivity contribution is 5.76. The van der Waals surface area contributed by atoms with E-state index in [1.165, 1.54) is 7.11 Å². The number of ether oxygens (including phenoxy) is 2. The Labute approximate surface area is 106 Å². The summed E-state index contributed by atoms with van der Waals surface area (Å²) in [7, 11) is 3.00. The van der Waals surface area contributed by atoms with Gasteiger partial charge >= 0.3 is 5.97 Å². The van der Waals surface area contributed by atoms with Crippen molar-refractivity contribution in [3.05, 3.63) is 29.8 Å². The van der Waals surface area contributed by atoms with Crippen LogP contribution in [0.25, 0.3) is 0 Å². The van der Waals surface area contributed by atoms with Crippen LogP contribution in [0.5, 0.6) is 5.75 Å². The summed E-state index contributed by atoms with van der Waals surface area (Å²) < 4.78 is 9.83. The van der Waals surface area contributed by atoms with E-state index in [0.29, 0.717) is 0 Å². The number of carbonyl (C=O) groups excluding carboxylic acids is 1. The smallest absolute Gasteiger partial charge is 0.325 e. The van der Waals surface area contributed by atoms with E-state index in [1.807, 2.05) is 31.2 Å². The van der Waals surface area contributed by atoms with Crippen molar-refractivity contribution in [2.24, 2.45) is 5.92 Å². The molecule has 18 heavy (non-hydrogen) atoms. The van der Waals surface area contributed by atoms with E-state index in [4.69, 9.17) is 14.3 Å². The zero-order valence-corrected chi connectivity index (χ0v) is 10.7. The Bertz CT molecular complexity index is 418. The first-order chi connectivity index (χ1) is 8.67. The fourth-order valence-corrected chi connectivity index (χ4v) is 2.09. The largest absolute Gasteiger partial charge is 0.497 e. The van der Waals surface area contributed by atoms with Gasteiger partial charge in [-0.05, 0) is 17.7 Å². The van der Waals surface area contributed by atoms with Crippen molar-refractivity contribution in [2.75, 3.05) is 14.2 Å². The molecule has 0 radical (unpaired) electrons. The normalized spacial score (nSPS) is 26.9. The molecule has 1 aliphatic rings. The summed E-state index contributed by atoms with van der Waals surface area (Å²) in [6.07, 6.45) is -0.167. The van der Waals surface area contributed by atoms with Crippen LogP contribution in [0.3, 0.4) is 0 Å². The molecular formula is C13H17NO4. The van der Waals surface area contributed by atoms with Crippen LogP contribution in [0, 0.1) is 5.92 Å². The van der Waals surface area contributed by atoms with Gasteiger partial charge < -0.3 is 9.47 Å². The number of methoxy groups -OCH3 is 2. The van der Waals surface area contributed by atoms with Crippen molar-refractivity contribution in [3.8, 4) is 5.75 Å². The van der Waals surface area contributed by atoms with Gasteiger partial charge in [0.1, 0.15) is 17.9 Å². The summed E-state index contributed by atoms with van der Waals surface area (Å²) in [5, 5.41) is 0. The van der Waals surface area contributed by atoms with E-state index >= 15 is 0 Å². The molecule has 0 amide bonds. The third-order valence-electron chi connectivity index (χ3n) is 3.22.